The molecule has 3 rings (SSSR count). The third-order valence-corrected chi connectivity index (χ3v) is 4.12. The standard InChI is InChI=1S/C15H10BrFO3/c16-12-6-10(17)7-13-11(12)8-15(20-13,14(18)19)9-4-2-1-3-5-9/h1-7H,8H2,(H,18,19)/t15-/m0/s1. The van der Waals surface area contributed by atoms with Crippen LogP contribution in [-0.4, -0.2) is 11.1 Å². The van der Waals surface area contributed by atoms with E-state index in [9.17, 15) is 14.3 Å². The van der Waals surface area contributed by atoms with Crippen LogP contribution in [-0.2, 0) is 16.8 Å². The summed E-state index contributed by atoms with van der Waals surface area (Å²) in [6.07, 6.45) is 0.155. The highest BCUT2D eigenvalue weighted by Crippen LogP contribution is 2.45. The number of carboxylic acids is 1. The molecule has 102 valence electrons. The van der Waals surface area contributed by atoms with Crippen LogP contribution in [0, 0.1) is 5.82 Å². The van der Waals surface area contributed by atoms with Crippen LogP contribution in [0.5, 0.6) is 5.75 Å². The molecule has 2 aromatic rings. The van der Waals surface area contributed by atoms with E-state index in [0.29, 0.717) is 15.6 Å². The van der Waals surface area contributed by atoms with Gasteiger partial charge in [0.1, 0.15) is 11.6 Å². The Morgan fingerprint density at radius 3 is 2.65 bits per heavy atom. The molecule has 0 spiro atoms. The molecule has 1 aliphatic rings. The molecule has 1 aliphatic heterocycles. The first-order valence-electron chi connectivity index (χ1n) is 5.99. The van der Waals surface area contributed by atoms with Crippen molar-refractivity contribution in [1.82, 2.24) is 0 Å². The fourth-order valence-corrected chi connectivity index (χ4v) is 2.98. The maximum absolute atomic E-state index is 13.4. The average Bonchev–Trinajstić information content (AvgIpc) is 2.81. The number of carbonyl (C=O) groups is 1. The zero-order valence-corrected chi connectivity index (χ0v) is 11.9. The van der Waals surface area contributed by atoms with E-state index in [1.807, 2.05) is 0 Å². The summed E-state index contributed by atoms with van der Waals surface area (Å²) in [7, 11) is 0. The Bertz CT molecular complexity index is 687. The molecule has 20 heavy (non-hydrogen) atoms. The van der Waals surface area contributed by atoms with E-state index in [4.69, 9.17) is 4.74 Å². The van der Waals surface area contributed by atoms with Gasteiger partial charge in [-0.1, -0.05) is 46.3 Å². The number of rotatable bonds is 2. The predicted octanol–water partition coefficient (Wildman–Crippen LogP) is 3.50. The number of fused-ring (bicyclic) bond motifs is 1. The van der Waals surface area contributed by atoms with Crippen LogP contribution in [0.2, 0.25) is 0 Å². The molecule has 0 bridgehead atoms. The molecule has 0 saturated carbocycles. The van der Waals surface area contributed by atoms with E-state index in [0.717, 1.165) is 0 Å². The van der Waals surface area contributed by atoms with Gasteiger partial charge in [-0.2, -0.15) is 0 Å². The van der Waals surface area contributed by atoms with Crippen molar-refractivity contribution < 1.29 is 19.0 Å². The van der Waals surface area contributed by atoms with Crippen LogP contribution < -0.4 is 4.74 Å². The number of carboxylic acid groups (broad SMARTS) is 1. The largest absolute Gasteiger partial charge is 0.478 e. The monoisotopic (exact) mass is 336 g/mol. The molecule has 0 unspecified atom stereocenters. The number of ether oxygens (including phenoxy) is 1. The summed E-state index contributed by atoms with van der Waals surface area (Å²) in [5.41, 5.74) is -0.298. The van der Waals surface area contributed by atoms with Gasteiger partial charge >= 0.3 is 5.97 Å². The molecule has 1 N–H and O–H groups in total. The van der Waals surface area contributed by atoms with Crippen molar-refractivity contribution in [3.8, 4) is 5.75 Å². The number of benzene rings is 2. The maximum atomic E-state index is 13.4. The highest BCUT2D eigenvalue weighted by molar-refractivity contribution is 9.10. The zero-order valence-electron chi connectivity index (χ0n) is 10.3. The molecule has 2 aromatic carbocycles. The molecule has 0 fully saturated rings. The third-order valence-electron chi connectivity index (χ3n) is 3.41. The first-order valence-corrected chi connectivity index (χ1v) is 6.78. The number of hydrogen-bond donors (Lipinski definition) is 1. The molecule has 0 amide bonds. The minimum absolute atomic E-state index is 0.155. The van der Waals surface area contributed by atoms with Gasteiger partial charge in [0.05, 0.1) is 0 Å². The van der Waals surface area contributed by atoms with Gasteiger partial charge in [0.25, 0.3) is 0 Å². The van der Waals surface area contributed by atoms with E-state index in [-0.39, 0.29) is 12.2 Å². The third kappa shape index (κ3) is 1.89. The quantitative estimate of drug-likeness (QED) is 0.912. The van der Waals surface area contributed by atoms with Gasteiger partial charge in [-0.25, -0.2) is 9.18 Å². The fraction of sp³-hybridized carbons (Fsp3) is 0.133. The second kappa shape index (κ2) is 4.59. The highest BCUT2D eigenvalue weighted by Gasteiger charge is 2.49. The topological polar surface area (TPSA) is 46.5 Å². The summed E-state index contributed by atoms with van der Waals surface area (Å²) in [5.74, 6) is -1.29. The summed E-state index contributed by atoms with van der Waals surface area (Å²) in [5, 5.41) is 9.62. The molecule has 0 saturated heterocycles. The van der Waals surface area contributed by atoms with Gasteiger partial charge < -0.3 is 9.84 Å². The lowest BCUT2D eigenvalue weighted by Crippen LogP contribution is -2.40. The highest BCUT2D eigenvalue weighted by atomic mass is 79.9. The van der Waals surface area contributed by atoms with Crippen LogP contribution >= 0.6 is 15.9 Å². The van der Waals surface area contributed by atoms with E-state index in [1.165, 1.54) is 12.1 Å². The molecule has 1 atom stereocenters. The molecule has 5 heteroatoms. The number of halogens is 2. The molecule has 3 nitrogen and oxygen atoms in total. The minimum atomic E-state index is -1.50. The first-order chi connectivity index (χ1) is 9.53. The predicted molar refractivity (Wildman–Crippen MR) is 74.2 cm³/mol. The smallest absolute Gasteiger partial charge is 0.353 e. The first kappa shape index (κ1) is 13.1. The summed E-state index contributed by atoms with van der Waals surface area (Å²) in [6.45, 7) is 0. The van der Waals surface area contributed by atoms with Crippen LogP contribution in [0.15, 0.2) is 46.9 Å². The lowest BCUT2D eigenvalue weighted by atomic mass is 9.89. The maximum Gasteiger partial charge on any atom is 0.353 e. The van der Waals surface area contributed by atoms with Crippen molar-refractivity contribution in [3.63, 3.8) is 0 Å². The lowest BCUT2D eigenvalue weighted by molar-refractivity contribution is -0.154. The van der Waals surface area contributed by atoms with Crippen molar-refractivity contribution in [1.29, 1.82) is 0 Å². The van der Waals surface area contributed by atoms with Crippen molar-refractivity contribution in [3.05, 3.63) is 63.9 Å². The second-order valence-corrected chi connectivity index (χ2v) is 5.50. The van der Waals surface area contributed by atoms with Gasteiger partial charge in [-0.3, -0.25) is 0 Å². The van der Waals surface area contributed by atoms with Gasteiger partial charge in [0.15, 0.2) is 0 Å². The Labute approximate surface area is 123 Å². The second-order valence-electron chi connectivity index (χ2n) is 4.64. The number of aliphatic carboxylic acids is 1. The average molecular weight is 337 g/mol. The molecule has 0 aliphatic carbocycles. The van der Waals surface area contributed by atoms with E-state index in [1.54, 1.807) is 30.3 Å². The van der Waals surface area contributed by atoms with E-state index < -0.39 is 17.4 Å². The molecule has 0 aromatic heterocycles. The van der Waals surface area contributed by atoms with Crippen molar-refractivity contribution >= 4 is 21.9 Å². The number of hydrogen-bond acceptors (Lipinski definition) is 2. The van der Waals surface area contributed by atoms with Crippen LogP contribution in [0.4, 0.5) is 4.39 Å². The Hall–Kier alpha value is -1.88. The van der Waals surface area contributed by atoms with E-state index in [2.05, 4.69) is 15.9 Å². The molecular weight excluding hydrogens is 327 g/mol. The Morgan fingerprint density at radius 2 is 2.00 bits per heavy atom. The van der Waals surface area contributed by atoms with Gasteiger partial charge in [-0.05, 0) is 6.07 Å². The van der Waals surface area contributed by atoms with Crippen LogP contribution in [0.1, 0.15) is 11.1 Å². The molecule has 0 radical (unpaired) electrons. The van der Waals surface area contributed by atoms with Crippen molar-refractivity contribution in [2.45, 2.75) is 12.0 Å². The van der Waals surface area contributed by atoms with Gasteiger partial charge in [0, 0.05) is 28.1 Å². The summed E-state index contributed by atoms with van der Waals surface area (Å²) >= 11 is 3.26. The Morgan fingerprint density at radius 1 is 1.30 bits per heavy atom. The summed E-state index contributed by atoms with van der Waals surface area (Å²) < 4.78 is 19.6. The van der Waals surface area contributed by atoms with Crippen molar-refractivity contribution in [2.24, 2.45) is 0 Å². The van der Waals surface area contributed by atoms with Gasteiger partial charge in [0.2, 0.25) is 5.60 Å². The Kier molecular flexibility index (Phi) is 3.01. The lowest BCUT2D eigenvalue weighted by Gasteiger charge is -2.24. The summed E-state index contributed by atoms with van der Waals surface area (Å²) in [6, 6.07) is 11.2. The SMILES string of the molecule is O=C(O)[C@@]1(c2ccccc2)Cc2c(Br)cc(F)cc2O1. The molecule has 1 heterocycles. The van der Waals surface area contributed by atoms with Crippen LogP contribution in [0.25, 0.3) is 0 Å². The summed E-state index contributed by atoms with van der Waals surface area (Å²) in [4.78, 5) is 11.8. The fourth-order valence-electron chi connectivity index (χ4n) is 2.43. The van der Waals surface area contributed by atoms with Crippen molar-refractivity contribution in [2.75, 3.05) is 0 Å². The normalized spacial score (nSPS) is 20.3. The minimum Gasteiger partial charge on any atom is -0.478 e. The molecular formula is C15H10BrFO3. The van der Waals surface area contributed by atoms with Gasteiger partial charge in [-0.15, -0.1) is 0 Å². The van der Waals surface area contributed by atoms with E-state index >= 15 is 0 Å². The Balaban J connectivity index is 2.14. The van der Waals surface area contributed by atoms with Crippen LogP contribution in [0.3, 0.4) is 0 Å². The zero-order chi connectivity index (χ0) is 14.3.